The van der Waals surface area contributed by atoms with Crippen molar-refractivity contribution in [3.8, 4) is 11.5 Å². The predicted molar refractivity (Wildman–Crippen MR) is 111 cm³/mol. The number of esters is 1. The molecule has 0 saturated heterocycles. The number of carbonyl (C=O) groups is 3. The number of hydrogen-bond donors (Lipinski definition) is 2. The summed E-state index contributed by atoms with van der Waals surface area (Å²) in [4.78, 5) is 40.7. The number of unbranched alkanes of at least 4 members (excludes halogenated alkanes) is 1. The molecule has 0 aliphatic rings. The maximum absolute atomic E-state index is 12.7. The standard InChI is InChI=1S/C22H23N3O5/c1-3-4-11-23-22(28)25-20(26)13-29-21(27)16-12-18(19-10-9-14(2)30-19)24-17-8-6-5-7-15(16)17/h5-10,12H,3-4,11,13H2,1-2H3,(H2,23,25,26,28). The van der Waals surface area contributed by atoms with Crippen molar-refractivity contribution in [2.75, 3.05) is 13.2 Å². The van der Waals surface area contributed by atoms with E-state index in [0.717, 1.165) is 18.6 Å². The number of furan rings is 1. The highest BCUT2D eigenvalue weighted by Gasteiger charge is 2.18. The van der Waals surface area contributed by atoms with E-state index in [9.17, 15) is 14.4 Å². The Kier molecular flexibility index (Phi) is 6.79. The molecule has 0 aliphatic heterocycles. The number of imide groups is 1. The van der Waals surface area contributed by atoms with Crippen LogP contribution >= 0.6 is 0 Å². The van der Waals surface area contributed by atoms with Crippen LogP contribution in [0, 0.1) is 6.92 Å². The second kappa shape index (κ2) is 9.69. The first kappa shape index (κ1) is 21.0. The minimum Gasteiger partial charge on any atom is -0.460 e. The number of aromatic nitrogens is 1. The maximum Gasteiger partial charge on any atom is 0.339 e. The molecule has 0 unspecified atom stereocenters. The Labute approximate surface area is 173 Å². The van der Waals surface area contributed by atoms with Gasteiger partial charge in [-0.15, -0.1) is 0 Å². The van der Waals surface area contributed by atoms with E-state index in [2.05, 4.69) is 15.6 Å². The normalized spacial score (nSPS) is 10.6. The zero-order valence-corrected chi connectivity index (χ0v) is 16.9. The molecule has 0 radical (unpaired) electrons. The number of urea groups is 1. The Morgan fingerprint density at radius 3 is 2.67 bits per heavy atom. The second-order valence-electron chi connectivity index (χ2n) is 6.72. The van der Waals surface area contributed by atoms with Crippen LogP contribution in [-0.2, 0) is 9.53 Å². The van der Waals surface area contributed by atoms with E-state index in [1.165, 1.54) is 0 Å². The molecule has 0 saturated carbocycles. The van der Waals surface area contributed by atoms with Crippen molar-refractivity contribution < 1.29 is 23.5 Å². The van der Waals surface area contributed by atoms with Gasteiger partial charge in [-0.05, 0) is 37.6 Å². The van der Waals surface area contributed by atoms with E-state index >= 15 is 0 Å². The number of fused-ring (bicyclic) bond motifs is 1. The summed E-state index contributed by atoms with van der Waals surface area (Å²) in [5.41, 5.74) is 1.33. The fraction of sp³-hybridized carbons (Fsp3) is 0.273. The minimum absolute atomic E-state index is 0.254. The molecule has 2 aromatic heterocycles. The molecule has 3 rings (SSSR count). The lowest BCUT2D eigenvalue weighted by Crippen LogP contribution is -2.41. The van der Waals surface area contributed by atoms with Gasteiger partial charge in [0.25, 0.3) is 5.91 Å². The average molecular weight is 409 g/mol. The zero-order chi connectivity index (χ0) is 21.5. The van der Waals surface area contributed by atoms with Crippen molar-refractivity contribution in [1.29, 1.82) is 0 Å². The van der Waals surface area contributed by atoms with Crippen molar-refractivity contribution in [2.45, 2.75) is 26.7 Å². The van der Waals surface area contributed by atoms with Gasteiger partial charge < -0.3 is 14.5 Å². The van der Waals surface area contributed by atoms with Crippen LogP contribution in [0.3, 0.4) is 0 Å². The molecule has 8 heteroatoms. The Balaban J connectivity index is 1.73. The lowest BCUT2D eigenvalue weighted by Gasteiger charge is -2.10. The lowest BCUT2D eigenvalue weighted by atomic mass is 10.1. The molecule has 8 nitrogen and oxygen atoms in total. The molecule has 3 amide bonds. The van der Waals surface area contributed by atoms with Crippen LogP contribution in [0.2, 0.25) is 0 Å². The SMILES string of the molecule is CCCCNC(=O)NC(=O)COC(=O)c1cc(-c2ccc(C)o2)nc2ccccc12. The summed E-state index contributed by atoms with van der Waals surface area (Å²) in [6.07, 6.45) is 1.73. The van der Waals surface area contributed by atoms with E-state index in [1.807, 2.05) is 19.9 Å². The summed E-state index contributed by atoms with van der Waals surface area (Å²) in [7, 11) is 0. The zero-order valence-electron chi connectivity index (χ0n) is 16.9. The van der Waals surface area contributed by atoms with Gasteiger partial charge in [0.2, 0.25) is 0 Å². The number of amides is 3. The second-order valence-corrected chi connectivity index (χ2v) is 6.72. The van der Waals surface area contributed by atoms with Crippen LogP contribution in [0.1, 0.15) is 35.9 Å². The van der Waals surface area contributed by atoms with Crippen LogP contribution in [0.4, 0.5) is 4.79 Å². The first-order valence-corrected chi connectivity index (χ1v) is 9.69. The van der Waals surface area contributed by atoms with Crippen molar-refractivity contribution in [3.05, 3.63) is 53.8 Å². The third-order valence-corrected chi connectivity index (χ3v) is 4.33. The number of hydrogen-bond acceptors (Lipinski definition) is 6. The van der Waals surface area contributed by atoms with Crippen molar-refractivity contribution >= 4 is 28.8 Å². The first-order valence-electron chi connectivity index (χ1n) is 9.69. The molecule has 0 bridgehead atoms. The van der Waals surface area contributed by atoms with Crippen LogP contribution < -0.4 is 10.6 Å². The molecule has 156 valence electrons. The molecule has 0 aliphatic carbocycles. The fourth-order valence-electron chi connectivity index (χ4n) is 2.84. The van der Waals surface area contributed by atoms with Crippen LogP contribution in [0.25, 0.3) is 22.4 Å². The van der Waals surface area contributed by atoms with E-state index in [4.69, 9.17) is 9.15 Å². The van der Waals surface area contributed by atoms with E-state index < -0.39 is 24.5 Å². The highest BCUT2D eigenvalue weighted by molar-refractivity contribution is 6.05. The van der Waals surface area contributed by atoms with Crippen molar-refractivity contribution in [1.82, 2.24) is 15.6 Å². The topological polar surface area (TPSA) is 111 Å². The van der Waals surface area contributed by atoms with Crippen LogP contribution in [0.15, 0.2) is 46.9 Å². The first-order chi connectivity index (χ1) is 14.5. The summed E-state index contributed by atoms with van der Waals surface area (Å²) in [6.45, 7) is 3.70. The van der Waals surface area contributed by atoms with Gasteiger partial charge in [-0.1, -0.05) is 31.5 Å². The van der Waals surface area contributed by atoms with Gasteiger partial charge in [-0.2, -0.15) is 0 Å². The predicted octanol–water partition coefficient (Wildman–Crippen LogP) is 3.59. The summed E-state index contributed by atoms with van der Waals surface area (Å²) in [5.74, 6) is -0.163. The summed E-state index contributed by atoms with van der Waals surface area (Å²) < 4.78 is 10.7. The number of carbonyl (C=O) groups excluding carboxylic acids is 3. The maximum atomic E-state index is 12.7. The number of nitrogens with one attached hydrogen (secondary N) is 2. The Morgan fingerprint density at radius 2 is 1.93 bits per heavy atom. The molecule has 2 N–H and O–H groups in total. The van der Waals surface area contributed by atoms with Crippen LogP contribution in [-0.4, -0.2) is 36.0 Å². The summed E-state index contributed by atoms with van der Waals surface area (Å²) in [5, 5.41) is 5.27. The van der Waals surface area contributed by atoms with Gasteiger partial charge in [0.15, 0.2) is 12.4 Å². The quantitative estimate of drug-likeness (QED) is 0.456. The van der Waals surface area contributed by atoms with Gasteiger partial charge in [-0.3, -0.25) is 10.1 Å². The van der Waals surface area contributed by atoms with Gasteiger partial charge in [0, 0.05) is 11.9 Å². The number of ether oxygens (including phenoxy) is 1. The molecule has 30 heavy (non-hydrogen) atoms. The molecular weight excluding hydrogens is 386 g/mol. The number of para-hydroxylation sites is 1. The molecule has 0 atom stereocenters. The van der Waals surface area contributed by atoms with Gasteiger partial charge >= 0.3 is 12.0 Å². The molecule has 3 aromatic rings. The number of rotatable bonds is 7. The lowest BCUT2D eigenvalue weighted by molar-refractivity contribution is -0.123. The van der Waals surface area contributed by atoms with E-state index in [0.29, 0.717) is 28.9 Å². The Bertz CT molecular complexity index is 1070. The average Bonchev–Trinajstić information content (AvgIpc) is 3.17. The molecular formula is C22H23N3O5. The number of aryl methyl sites for hydroxylation is 1. The molecule has 1 aromatic carbocycles. The van der Waals surface area contributed by atoms with E-state index in [1.54, 1.807) is 36.4 Å². The highest BCUT2D eigenvalue weighted by atomic mass is 16.5. The highest BCUT2D eigenvalue weighted by Crippen LogP contribution is 2.26. The van der Waals surface area contributed by atoms with Crippen LogP contribution in [0.5, 0.6) is 0 Å². The molecule has 0 spiro atoms. The summed E-state index contributed by atoms with van der Waals surface area (Å²) in [6, 6.07) is 11.6. The van der Waals surface area contributed by atoms with E-state index in [-0.39, 0.29) is 5.56 Å². The third kappa shape index (κ3) is 5.22. The fourth-order valence-corrected chi connectivity index (χ4v) is 2.84. The minimum atomic E-state index is -0.711. The number of benzene rings is 1. The largest absolute Gasteiger partial charge is 0.460 e. The number of nitrogens with zero attached hydrogens (tertiary/aromatic N) is 1. The monoisotopic (exact) mass is 409 g/mol. The number of pyridine rings is 1. The van der Waals surface area contributed by atoms with Gasteiger partial charge in [0.1, 0.15) is 11.5 Å². The van der Waals surface area contributed by atoms with Gasteiger partial charge in [-0.25, -0.2) is 14.6 Å². The van der Waals surface area contributed by atoms with Crippen molar-refractivity contribution in [3.63, 3.8) is 0 Å². The van der Waals surface area contributed by atoms with Gasteiger partial charge in [0.05, 0.1) is 11.1 Å². The summed E-state index contributed by atoms with van der Waals surface area (Å²) >= 11 is 0. The smallest absolute Gasteiger partial charge is 0.339 e. The third-order valence-electron chi connectivity index (χ3n) is 4.33. The Hall–Kier alpha value is -3.68. The molecule has 2 heterocycles. The molecule has 0 fully saturated rings. The van der Waals surface area contributed by atoms with Crippen molar-refractivity contribution in [2.24, 2.45) is 0 Å². The Morgan fingerprint density at radius 1 is 1.13 bits per heavy atom.